The van der Waals surface area contributed by atoms with Crippen molar-refractivity contribution in [3.63, 3.8) is 0 Å². The second-order valence-corrected chi connectivity index (χ2v) is 7.26. The maximum Gasteiger partial charge on any atom is 0.343 e. The van der Waals surface area contributed by atoms with Crippen molar-refractivity contribution in [3.8, 4) is 5.75 Å². The Balaban J connectivity index is 1.84. The zero-order valence-corrected chi connectivity index (χ0v) is 15.1. The van der Waals surface area contributed by atoms with E-state index in [4.69, 9.17) is 4.74 Å². The Bertz CT molecular complexity index is 822. The van der Waals surface area contributed by atoms with Crippen LogP contribution in [-0.4, -0.2) is 25.3 Å². The quantitative estimate of drug-likeness (QED) is 0.478. The van der Waals surface area contributed by atoms with Crippen molar-refractivity contribution in [1.29, 1.82) is 0 Å². The van der Waals surface area contributed by atoms with Crippen molar-refractivity contribution >= 4 is 17.4 Å². The maximum absolute atomic E-state index is 12.5. The van der Waals surface area contributed by atoms with Crippen LogP contribution in [0.5, 0.6) is 5.75 Å². The van der Waals surface area contributed by atoms with E-state index in [1.807, 2.05) is 18.2 Å². The Hall–Kier alpha value is -2.62. The predicted molar refractivity (Wildman–Crippen MR) is 98.8 cm³/mol. The summed E-state index contributed by atoms with van der Waals surface area (Å²) in [4.78, 5) is 26.0. The standard InChI is InChI=1S/C21H23NO3/c1-14(23)15-5-8-17(9-6-15)25-20(24)16-7-10-19-18(13-16)21(2,3)11-12-22(19)4/h5-10,13H,11-12H2,1-4H3. The van der Waals surface area contributed by atoms with Gasteiger partial charge in [0.15, 0.2) is 5.78 Å². The lowest BCUT2D eigenvalue weighted by Gasteiger charge is -2.38. The second-order valence-electron chi connectivity index (χ2n) is 7.26. The van der Waals surface area contributed by atoms with Gasteiger partial charge in [0.2, 0.25) is 0 Å². The van der Waals surface area contributed by atoms with Gasteiger partial charge in [0.25, 0.3) is 0 Å². The highest BCUT2D eigenvalue weighted by atomic mass is 16.5. The summed E-state index contributed by atoms with van der Waals surface area (Å²) >= 11 is 0. The number of hydrogen-bond donors (Lipinski definition) is 0. The van der Waals surface area contributed by atoms with E-state index in [0.29, 0.717) is 16.9 Å². The van der Waals surface area contributed by atoms with E-state index >= 15 is 0 Å². The third-order valence-corrected chi connectivity index (χ3v) is 4.92. The van der Waals surface area contributed by atoms with Gasteiger partial charge < -0.3 is 9.64 Å². The molecule has 130 valence electrons. The molecule has 0 unspecified atom stereocenters. The van der Waals surface area contributed by atoms with Gasteiger partial charge in [0, 0.05) is 24.8 Å². The smallest absolute Gasteiger partial charge is 0.343 e. The highest BCUT2D eigenvalue weighted by Crippen LogP contribution is 2.39. The molecule has 0 aromatic heterocycles. The third-order valence-electron chi connectivity index (χ3n) is 4.92. The Morgan fingerprint density at radius 2 is 1.68 bits per heavy atom. The van der Waals surface area contributed by atoms with Crippen molar-refractivity contribution in [3.05, 3.63) is 59.2 Å². The van der Waals surface area contributed by atoms with Gasteiger partial charge in [0.05, 0.1) is 5.56 Å². The molecule has 2 aromatic carbocycles. The fraction of sp³-hybridized carbons (Fsp3) is 0.333. The topological polar surface area (TPSA) is 46.6 Å². The van der Waals surface area contributed by atoms with E-state index in [-0.39, 0.29) is 17.2 Å². The van der Waals surface area contributed by atoms with Gasteiger partial charge >= 0.3 is 5.97 Å². The molecule has 25 heavy (non-hydrogen) atoms. The first-order chi connectivity index (χ1) is 11.8. The Kier molecular flexibility index (Phi) is 4.38. The van der Waals surface area contributed by atoms with Crippen molar-refractivity contribution in [2.75, 3.05) is 18.5 Å². The summed E-state index contributed by atoms with van der Waals surface area (Å²) in [7, 11) is 2.07. The summed E-state index contributed by atoms with van der Waals surface area (Å²) in [5, 5.41) is 0. The minimum absolute atomic E-state index is 0.0149. The molecule has 2 aromatic rings. The van der Waals surface area contributed by atoms with Crippen LogP contribution in [0, 0.1) is 0 Å². The van der Waals surface area contributed by atoms with Gasteiger partial charge in [-0.15, -0.1) is 0 Å². The Labute approximate surface area is 148 Å². The van der Waals surface area contributed by atoms with Gasteiger partial charge in [-0.05, 0) is 66.8 Å². The van der Waals surface area contributed by atoms with Crippen LogP contribution in [0.15, 0.2) is 42.5 Å². The Morgan fingerprint density at radius 1 is 1.04 bits per heavy atom. The average Bonchev–Trinajstić information content (AvgIpc) is 2.58. The number of anilines is 1. The molecular formula is C21H23NO3. The highest BCUT2D eigenvalue weighted by molar-refractivity contribution is 5.94. The average molecular weight is 337 g/mol. The van der Waals surface area contributed by atoms with E-state index < -0.39 is 0 Å². The van der Waals surface area contributed by atoms with Crippen LogP contribution in [0.4, 0.5) is 5.69 Å². The first kappa shape index (κ1) is 17.2. The third kappa shape index (κ3) is 3.43. The first-order valence-corrected chi connectivity index (χ1v) is 8.47. The summed E-state index contributed by atoms with van der Waals surface area (Å²) in [5.41, 5.74) is 3.50. The number of nitrogens with zero attached hydrogens (tertiary/aromatic N) is 1. The number of hydrogen-bond acceptors (Lipinski definition) is 4. The monoisotopic (exact) mass is 337 g/mol. The molecule has 0 saturated heterocycles. The van der Waals surface area contributed by atoms with Crippen molar-refractivity contribution in [1.82, 2.24) is 0 Å². The molecule has 0 aliphatic carbocycles. The van der Waals surface area contributed by atoms with E-state index in [9.17, 15) is 9.59 Å². The number of benzene rings is 2. The molecule has 0 spiro atoms. The summed E-state index contributed by atoms with van der Waals surface area (Å²) in [5.74, 6) is 0.0328. The molecule has 0 saturated carbocycles. The number of esters is 1. The lowest BCUT2D eigenvalue weighted by Crippen LogP contribution is -2.35. The number of ketones is 1. The zero-order chi connectivity index (χ0) is 18.2. The van der Waals surface area contributed by atoms with Gasteiger partial charge in [-0.2, -0.15) is 0 Å². The van der Waals surface area contributed by atoms with Crippen LogP contribution in [0.25, 0.3) is 0 Å². The SMILES string of the molecule is CC(=O)c1ccc(OC(=O)c2ccc3c(c2)C(C)(C)CCN3C)cc1. The maximum atomic E-state index is 12.5. The molecule has 0 fully saturated rings. The molecule has 0 bridgehead atoms. The minimum atomic E-state index is -0.387. The first-order valence-electron chi connectivity index (χ1n) is 8.47. The molecule has 0 radical (unpaired) electrons. The van der Waals surface area contributed by atoms with Crippen molar-refractivity contribution < 1.29 is 14.3 Å². The lowest BCUT2D eigenvalue weighted by atomic mass is 9.77. The largest absolute Gasteiger partial charge is 0.423 e. The van der Waals surface area contributed by atoms with E-state index in [1.54, 1.807) is 24.3 Å². The van der Waals surface area contributed by atoms with Gasteiger partial charge in [-0.25, -0.2) is 4.79 Å². The summed E-state index contributed by atoms with van der Waals surface area (Å²) in [6, 6.07) is 12.4. The molecular weight excluding hydrogens is 314 g/mol. The molecule has 1 heterocycles. The van der Waals surface area contributed by atoms with Crippen LogP contribution in [-0.2, 0) is 5.41 Å². The van der Waals surface area contributed by atoms with E-state index in [1.165, 1.54) is 18.2 Å². The molecule has 0 amide bonds. The lowest BCUT2D eigenvalue weighted by molar-refractivity contribution is 0.0734. The van der Waals surface area contributed by atoms with E-state index in [0.717, 1.165) is 13.0 Å². The summed E-state index contributed by atoms with van der Waals surface area (Å²) < 4.78 is 5.46. The number of ether oxygens (including phenoxy) is 1. The highest BCUT2D eigenvalue weighted by Gasteiger charge is 2.30. The Morgan fingerprint density at radius 3 is 2.32 bits per heavy atom. The summed E-state index contributed by atoms with van der Waals surface area (Å²) in [6.07, 6.45) is 1.04. The van der Waals surface area contributed by atoms with Gasteiger partial charge in [0.1, 0.15) is 5.75 Å². The van der Waals surface area contributed by atoms with E-state index in [2.05, 4.69) is 25.8 Å². The number of Topliss-reactive ketones (excluding diaryl/α,β-unsaturated/α-hetero) is 1. The van der Waals surface area contributed by atoms with Crippen molar-refractivity contribution in [2.24, 2.45) is 0 Å². The summed E-state index contributed by atoms with van der Waals surface area (Å²) in [6.45, 7) is 6.92. The predicted octanol–water partition coefficient (Wildman–Crippen LogP) is 4.23. The van der Waals surface area contributed by atoms with Crippen LogP contribution in [0.1, 0.15) is 53.5 Å². The fourth-order valence-corrected chi connectivity index (χ4v) is 3.16. The molecule has 0 N–H and O–H groups in total. The van der Waals surface area contributed by atoms with Crippen LogP contribution in [0.2, 0.25) is 0 Å². The normalized spacial score (nSPS) is 15.4. The number of rotatable bonds is 3. The van der Waals surface area contributed by atoms with Gasteiger partial charge in [-0.1, -0.05) is 13.8 Å². The number of carbonyl (C=O) groups excluding carboxylic acids is 2. The molecule has 4 nitrogen and oxygen atoms in total. The second kappa shape index (κ2) is 6.36. The van der Waals surface area contributed by atoms with Crippen LogP contribution < -0.4 is 9.64 Å². The molecule has 4 heteroatoms. The molecule has 1 aliphatic heterocycles. The van der Waals surface area contributed by atoms with Crippen molar-refractivity contribution in [2.45, 2.75) is 32.6 Å². The van der Waals surface area contributed by atoms with Gasteiger partial charge in [-0.3, -0.25) is 4.79 Å². The number of carbonyl (C=O) groups is 2. The number of fused-ring (bicyclic) bond motifs is 1. The zero-order valence-electron chi connectivity index (χ0n) is 15.1. The molecule has 0 atom stereocenters. The van der Waals surface area contributed by atoms with Crippen LogP contribution in [0.3, 0.4) is 0 Å². The fourth-order valence-electron chi connectivity index (χ4n) is 3.16. The van der Waals surface area contributed by atoms with Crippen LogP contribution >= 0.6 is 0 Å². The molecule has 3 rings (SSSR count). The molecule has 1 aliphatic rings. The minimum Gasteiger partial charge on any atom is -0.423 e.